The van der Waals surface area contributed by atoms with Gasteiger partial charge in [0.05, 0.1) is 0 Å². The Labute approximate surface area is 70.6 Å². The minimum atomic E-state index is -1.23. The molecule has 0 radical (unpaired) electrons. The highest BCUT2D eigenvalue weighted by atomic mass is 16.5. The van der Waals surface area contributed by atoms with Crippen molar-refractivity contribution in [2.75, 3.05) is 0 Å². The van der Waals surface area contributed by atoms with Crippen molar-refractivity contribution in [3.63, 3.8) is 0 Å². The van der Waals surface area contributed by atoms with Crippen LogP contribution in [0.5, 0.6) is 0 Å². The molecule has 12 heavy (non-hydrogen) atoms. The lowest BCUT2D eigenvalue weighted by atomic mass is 10.1. The smallest absolute Gasteiger partial charge is 0.164 e. The molecule has 1 aliphatic rings. The number of rotatable bonds is 1. The van der Waals surface area contributed by atoms with Crippen molar-refractivity contribution in [1.29, 1.82) is 0 Å². The highest BCUT2D eigenvalue weighted by Gasteiger charge is 2.35. The monoisotopic (exact) mass is 165 g/mol. The second-order valence-corrected chi connectivity index (χ2v) is 3.13. The number of aryl methyl sites for hydroxylation is 1. The molecule has 0 aromatic heterocycles. The van der Waals surface area contributed by atoms with Crippen molar-refractivity contribution in [2.24, 2.45) is 0 Å². The average molecular weight is 165 g/mol. The fourth-order valence-electron chi connectivity index (χ4n) is 1.71. The number of benzene rings is 1. The second kappa shape index (κ2) is 2.55. The SMILES string of the molecule is ONC1(O)CCc2ccccc21. The van der Waals surface area contributed by atoms with Crippen LogP contribution in [0.1, 0.15) is 17.5 Å². The first-order valence-electron chi connectivity index (χ1n) is 3.98. The zero-order valence-corrected chi connectivity index (χ0v) is 6.62. The number of hydrogen-bond donors (Lipinski definition) is 3. The van der Waals surface area contributed by atoms with Gasteiger partial charge in [0, 0.05) is 12.0 Å². The molecule has 2 rings (SSSR count). The molecule has 3 N–H and O–H groups in total. The van der Waals surface area contributed by atoms with Gasteiger partial charge in [-0.25, -0.2) is 0 Å². The Bertz CT molecular complexity index is 300. The second-order valence-electron chi connectivity index (χ2n) is 3.13. The zero-order valence-electron chi connectivity index (χ0n) is 6.62. The molecule has 0 bridgehead atoms. The molecule has 0 spiro atoms. The first-order valence-corrected chi connectivity index (χ1v) is 3.98. The predicted molar refractivity (Wildman–Crippen MR) is 43.6 cm³/mol. The fourth-order valence-corrected chi connectivity index (χ4v) is 1.71. The standard InChI is InChI=1S/C9H11NO2/c11-9(10-12)6-5-7-3-1-2-4-8(7)9/h1-4,10-12H,5-6H2. The summed E-state index contributed by atoms with van der Waals surface area (Å²) in [6.07, 6.45) is 1.34. The van der Waals surface area contributed by atoms with E-state index in [-0.39, 0.29) is 0 Å². The van der Waals surface area contributed by atoms with Gasteiger partial charge in [-0.05, 0) is 12.0 Å². The molecule has 64 valence electrons. The lowest BCUT2D eigenvalue weighted by Gasteiger charge is -2.21. The third-order valence-corrected chi connectivity index (χ3v) is 2.40. The quantitative estimate of drug-likeness (QED) is 0.425. The number of nitrogens with one attached hydrogen (secondary N) is 1. The Balaban J connectivity index is 2.49. The Kier molecular flexibility index (Phi) is 1.65. The molecule has 1 aromatic rings. The van der Waals surface area contributed by atoms with Crippen LogP contribution >= 0.6 is 0 Å². The summed E-state index contributed by atoms with van der Waals surface area (Å²) in [4.78, 5) is 0. The first kappa shape index (κ1) is 7.73. The maximum Gasteiger partial charge on any atom is 0.164 e. The van der Waals surface area contributed by atoms with Gasteiger partial charge in [-0.2, -0.15) is 5.48 Å². The maximum absolute atomic E-state index is 9.79. The van der Waals surface area contributed by atoms with Crippen LogP contribution in [-0.4, -0.2) is 10.3 Å². The Morgan fingerprint density at radius 1 is 1.33 bits per heavy atom. The third-order valence-electron chi connectivity index (χ3n) is 2.40. The van der Waals surface area contributed by atoms with E-state index >= 15 is 0 Å². The Morgan fingerprint density at radius 3 is 2.83 bits per heavy atom. The summed E-state index contributed by atoms with van der Waals surface area (Å²) in [6, 6.07) is 7.57. The summed E-state index contributed by atoms with van der Waals surface area (Å²) in [5.41, 5.74) is 2.61. The van der Waals surface area contributed by atoms with Crippen LogP contribution in [0, 0.1) is 0 Å². The molecule has 3 nitrogen and oxygen atoms in total. The molecule has 3 heteroatoms. The number of hydroxylamine groups is 1. The highest BCUT2D eigenvalue weighted by molar-refractivity contribution is 5.36. The van der Waals surface area contributed by atoms with Crippen molar-refractivity contribution in [3.8, 4) is 0 Å². The van der Waals surface area contributed by atoms with Crippen molar-refractivity contribution < 1.29 is 10.3 Å². The molecule has 0 saturated carbocycles. The highest BCUT2D eigenvalue weighted by Crippen LogP contribution is 2.33. The lowest BCUT2D eigenvalue weighted by molar-refractivity contribution is -0.0975. The molecular weight excluding hydrogens is 154 g/mol. The first-order chi connectivity index (χ1) is 5.76. The van der Waals surface area contributed by atoms with Gasteiger partial charge in [0.2, 0.25) is 0 Å². The van der Waals surface area contributed by atoms with E-state index in [2.05, 4.69) is 0 Å². The van der Waals surface area contributed by atoms with Gasteiger partial charge in [-0.1, -0.05) is 24.3 Å². The molecule has 0 aliphatic heterocycles. The van der Waals surface area contributed by atoms with E-state index < -0.39 is 5.72 Å². The summed E-state index contributed by atoms with van der Waals surface area (Å²) in [6.45, 7) is 0. The van der Waals surface area contributed by atoms with Gasteiger partial charge in [-0.3, -0.25) is 0 Å². The molecule has 1 unspecified atom stereocenters. The van der Waals surface area contributed by atoms with Crippen molar-refractivity contribution in [3.05, 3.63) is 35.4 Å². The van der Waals surface area contributed by atoms with Crippen LogP contribution in [-0.2, 0) is 12.1 Å². The van der Waals surface area contributed by atoms with Crippen LogP contribution < -0.4 is 5.48 Å². The zero-order chi connectivity index (χ0) is 8.60. The molecular formula is C9H11NO2. The molecule has 1 aliphatic carbocycles. The molecule has 0 amide bonds. The normalized spacial score (nSPS) is 27.2. The number of aliphatic hydroxyl groups is 1. The van der Waals surface area contributed by atoms with E-state index in [9.17, 15) is 5.11 Å². The Hall–Kier alpha value is -0.900. The number of hydrogen-bond acceptors (Lipinski definition) is 3. The van der Waals surface area contributed by atoms with Crippen LogP contribution in [0.2, 0.25) is 0 Å². The van der Waals surface area contributed by atoms with Gasteiger partial charge in [0.25, 0.3) is 0 Å². The Morgan fingerprint density at radius 2 is 2.08 bits per heavy atom. The third kappa shape index (κ3) is 0.948. The van der Waals surface area contributed by atoms with Gasteiger partial charge < -0.3 is 10.3 Å². The van der Waals surface area contributed by atoms with E-state index in [4.69, 9.17) is 5.21 Å². The topological polar surface area (TPSA) is 52.5 Å². The van der Waals surface area contributed by atoms with E-state index in [1.165, 1.54) is 0 Å². The number of fused-ring (bicyclic) bond motifs is 1. The van der Waals surface area contributed by atoms with E-state index in [1.54, 1.807) is 0 Å². The lowest BCUT2D eigenvalue weighted by Crippen LogP contribution is -2.37. The van der Waals surface area contributed by atoms with Gasteiger partial charge >= 0.3 is 0 Å². The molecule has 0 saturated heterocycles. The van der Waals surface area contributed by atoms with E-state index in [0.29, 0.717) is 6.42 Å². The van der Waals surface area contributed by atoms with Crippen LogP contribution in [0.15, 0.2) is 24.3 Å². The minimum absolute atomic E-state index is 0.531. The van der Waals surface area contributed by atoms with Gasteiger partial charge in [0.15, 0.2) is 5.72 Å². The predicted octanol–water partition coefficient (Wildman–Crippen LogP) is 0.757. The fraction of sp³-hybridized carbons (Fsp3) is 0.333. The summed E-state index contributed by atoms with van der Waals surface area (Å²) in [7, 11) is 0. The van der Waals surface area contributed by atoms with Crippen LogP contribution in [0.3, 0.4) is 0 Å². The summed E-state index contributed by atoms with van der Waals surface area (Å²) >= 11 is 0. The van der Waals surface area contributed by atoms with Crippen molar-refractivity contribution in [1.82, 2.24) is 5.48 Å². The van der Waals surface area contributed by atoms with Crippen molar-refractivity contribution >= 4 is 0 Å². The summed E-state index contributed by atoms with van der Waals surface area (Å²) < 4.78 is 0. The molecule has 0 fully saturated rings. The summed E-state index contributed by atoms with van der Waals surface area (Å²) in [5.74, 6) is 0. The van der Waals surface area contributed by atoms with Crippen LogP contribution in [0.25, 0.3) is 0 Å². The largest absolute Gasteiger partial charge is 0.370 e. The van der Waals surface area contributed by atoms with Crippen molar-refractivity contribution in [2.45, 2.75) is 18.6 Å². The summed E-state index contributed by atoms with van der Waals surface area (Å²) in [5, 5.41) is 18.6. The molecule has 1 aromatic carbocycles. The molecule has 1 atom stereocenters. The van der Waals surface area contributed by atoms with E-state index in [1.807, 2.05) is 29.7 Å². The van der Waals surface area contributed by atoms with Gasteiger partial charge in [-0.15, -0.1) is 0 Å². The average Bonchev–Trinajstić information content (AvgIpc) is 2.46. The molecule has 0 heterocycles. The van der Waals surface area contributed by atoms with E-state index in [0.717, 1.165) is 17.5 Å². The maximum atomic E-state index is 9.79. The van der Waals surface area contributed by atoms with Gasteiger partial charge in [0.1, 0.15) is 0 Å². The van der Waals surface area contributed by atoms with Crippen LogP contribution in [0.4, 0.5) is 0 Å². The minimum Gasteiger partial charge on any atom is -0.370 e.